The molecule has 1 amide bonds. The zero-order valence-corrected chi connectivity index (χ0v) is 11.4. The Balaban J connectivity index is 1.98. The van der Waals surface area contributed by atoms with Crippen molar-refractivity contribution in [2.45, 2.75) is 12.8 Å². The van der Waals surface area contributed by atoms with E-state index in [1.165, 1.54) is 0 Å². The smallest absolute Gasteiger partial charge is 0.230 e. The van der Waals surface area contributed by atoms with Crippen LogP contribution in [0.2, 0.25) is 0 Å². The molecule has 2 N–H and O–H groups in total. The number of rotatable bonds is 4. The van der Waals surface area contributed by atoms with Crippen LogP contribution >= 0.6 is 0 Å². The van der Waals surface area contributed by atoms with Gasteiger partial charge in [-0.1, -0.05) is 18.1 Å². The first-order valence-electron chi connectivity index (χ1n) is 6.53. The first kappa shape index (κ1) is 14.7. The van der Waals surface area contributed by atoms with Gasteiger partial charge in [-0.15, -0.1) is 0 Å². The lowest BCUT2D eigenvalue weighted by Gasteiger charge is -2.04. The Bertz CT molecular complexity index is 660. The summed E-state index contributed by atoms with van der Waals surface area (Å²) >= 11 is 0. The van der Waals surface area contributed by atoms with Crippen LogP contribution in [0.4, 0.5) is 5.82 Å². The summed E-state index contributed by atoms with van der Waals surface area (Å²) < 4.78 is 0. The highest BCUT2D eigenvalue weighted by Gasteiger charge is 2.05. The summed E-state index contributed by atoms with van der Waals surface area (Å²) in [6.45, 7) is 0.0224. The molecular weight excluding hydrogens is 266 g/mol. The zero-order valence-electron chi connectivity index (χ0n) is 11.4. The van der Waals surface area contributed by atoms with E-state index in [1.54, 1.807) is 36.7 Å². The second-order valence-corrected chi connectivity index (χ2v) is 4.27. The molecule has 0 unspecified atom stereocenters. The topological polar surface area (TPSA) is 75.1 Å². The molecule has 0 aliphatic heterocycles. The number of aromatic nitrogens is 2. The molecule has 5 heteroatoms. The molecule has 106 valence electrons. The van der Waals surface area contributed by atoms with E-state index in [2.05, 4.69) is 27.1 Å². The Morgan fingerprint density at radius 1 is 1.29 bits per heavy atom. The van der Waals surface area contributed by atoms with E-state index in [0.717, 1.165) is 5.56 Å². The molecule has 0 fully saturated rings. The minimum absolute atomic E-state index is 0.0224. The molecule has 0 bridgehead atoms. The number of nitrogens with one attached hydrogen (secondary N) is 1. The van der Waals surface area contributed by atoms with Crippen LogP contribution in [0.1, 0.15) is 17.7 Å². The van der Waals surface area contributed by atoms with E-state index in [4.69, 9.17) is 5.11 Å². The number of hydrogen-bond acceptors (Lipinski definition) is 4. The van der Waals surface area contributed by atoms with Crippen LogP contribution in [0.5, 0.6) is 0 Å². The summed E-state index contributed by atoms with van der Waals surface area (Å²) in [5.74, 6) is 5.92. The van der Waals surface area contributed by atoms with Crippen molar-refractivity contribution >= 4 is 11.7 Å². The molecule has 5 nitrogen and oxygen atoms in total. The Labute approximate surface area is 123 Å². The number of anilines is 1. The van der Waals surface area contributed by atoms with E-state index >= 15 is 0 Å². The van der Waals surface area contributed by atoms with Gasteiger partial charge in [0, 0.05) is 18.8 Å². The van der Waals surface area contributed by atoms with E-state index in [9.17, 15) is 4.79 Å². The van der Waals surface area contributed by atoms with E-state index in [1.807, 2.05) is 6.07 Å². The predicted octanol–water partition coefficient (Wildman–Crippen LogP) is 1.39. The fraction of sp³-hybridized carbons (Fsp3) is 0.188. The maximum absolute atomic E-state index is 11.9. The van der Waals surface area contributed by atoms with Crippen molar-refractivity contribution in [1.29, 1.82) is 0 Å². The van der Waals surface area contributed by atoms with Crippen LogP contribution in [-0.2, 0) is 11.2 Å². The first-order chi connectivity index (χ1) is 10.3. The first-order valence-corrected chi connectivity index (χ1v) is 6.53. The molecule has 0 aliphatic rings. The lowest BCUT2D eigenvalue weighted by atomic mass is 10.2. The van der Waals surface area contributed by atoms with Gasteiger partial charge in [-0.05, 0) is 29.7 Å². The van der Waals surface area contributed by atoms with Gasteiger partial charge >= 0.3 is 0 Å². The van der Waals surface area contributed by atoms with Crippen molar-refractivity contribution < 1.29 is 9.90 Å². The fourth-order valence-electron chi connectivity index (χ4n) is 1.66. The van der Waals surface area contributed by atoms with Crippen LogP contribution in [0.3, 0.4) is 0 Å². The highest BCUT2D eigenvalue weighted by molar-refractivity contribution is 5.91. The summed E-state index contributed by atoms with van der Waals surface area (Å²) in [4.78, 5) is 20.1. The number of pyridine rings is 2. The van der Waals surface area contributed by atoms with Crippen LogP contribution in [0.15, 0.2) is 42.7 Å². The van der Waals surface area contributed by atoms with Gasteiger partial charge in [-0.2, -0.15) is 0 Å². The van der Waals surface area contributed by atoms with Crippen molar-refractivity contribution in [2.75, 3.05) is 11.9 Å². The number of carbonyl (C=O) groups is 1. The van der Waals surface area contributed by atoms with Crippen molar-refractivity contribution in [3.63, 3.8) is 0 Å². The van der Waals surface area contributed by atoms with Gasteiger partial charge in [0.1, 0.15) is 11.5 Å². The lowest BCUT2D eigenvalue weighted by Crippen LogP contribution is -2.15. The molecule has 2 aromatic rings. The number of nitrogens with zero attached hydrogens (tertiary/aromatic N) is 2. The Hall–Kier alpha value is -2.71. The number of carbonyl (C=O) groups excluding carboxylic acids is 1. The maximum Gasteiger partial charge on any atom is 0.230 e. The standard InChI is InChI=1S/C16H15N3O2/c20-10-2-1-6-14-7-3-8-15(18-14)19-16(21)11-13-5-4-9-17-12-13/h3-5,7-9,12,20H,2,10-11H2,(H,18,19,21). The number of aliphatic hydroxyl groups excluding tert-OH is 1. The summed E-state index contributed by atoms with van der Waals surface area (Å²) in [6.07, 6.45) is 3.97. The molecule has 21 heavy (non-hydrogen) atoms. The average Bonchev–Trinajstić information content (AvgIpc) is 2.49. The summed E-state index contributed by atoms with van der Waals surface area (Å²) in [7, 11) is 0. The monoisotopic (exact) mass is 281 g/mol. The highest BCUT2D eigenvalue weighted by atomic mass is 16.2. The highest BCUT2D eigenvalue weighted by Crippen LogP contribution is 2.06. The van der Waals surface area contributed by atoms with Crippen molar-refractivity contribution in [1.82, 2.24) is 9.97 Å². The van der Waals surface area contributed by atoms with Crippen LogP contribution in [0.25, 0.3) is 0 Å². The van der Waals surface area contributed by atoms with Gasteiger partial charge in [0.25, 0.3) is 0 Å². The van der Waals surface area contributed by atoms with Gasteiger partial charge in [-0.3, -0.25) is 9.78 Å². The SMILES string of the molecule is O=C(Cc1cccnc1)Nc1cccc(C#CCCO)n1. The largest absolute Gasteiger partial charge is 0.395 e. The average molecular weight is 281 g/mol. The quantitative estimate of drug-likeness (QED) is 0.830. The van der Waals surface area contributed by atoms with Gasteiger partial charge in [0.2, 0.25) is 5.91 Å². The summed E-state index contributed by atoms with van der Waals surface area (Å²) in [6, 6.07) is 8.87. The lowest BCUT2D eigenvalue weighted by molar-refractivity contribution is -0.115. The van der Waals surface area contributed by atoms with Crippen LogP contribution in [-0.4, -0.2) is 27.6 Å². The zero-order chi connectivity index (χ0) is 14.9. The van der Waals surface area contributed by atoms with Gasteiger partial charge in [0.05, 0.1) is 13.0 Å². The predicted molar refractivity (Wildman–Crippen MR) is 79.4 cm³/mol. The molecular formula is C16H15N3O2. The molecule has 2 heterocycles. The van der Waals surface area contributed by atoms with Crippen LogP contribution < -0.4 is 5.32 Å². The van der Waals surface area contributed by atoms with Gasteiger partial charge in [0.15, 0.2) is 0 Å². The van der Waals surface area contributed by atoms with Crippen molar-refractivity contribution in [3.05, 3.63) is 54.0 Å². The summed E-state index contributed by atoms with van der Waals surface area (Å²) in [5.41, 5.74) is 1.40. The molecule has 0 aliphatic carbocycles. The minimum Gasteiger partial charge on any atom is -0.395 e. The fourth-order valence-corrected chi connectivity index (χ4v) is 1.66. The molecule has 2 aromatic heterocycles. The third-order valence-corrected chi connectivity index (χ3v) is 2.56. The number of aliphatic hydroxyl groups is 1. The minimum atomic E-state index is -0.157. The Morgan fingerprint density at radius 2 is 2.19 bits per heavy atom. The summed E-state index contributed by atoms with van der Waals surface area (Å²) in [5, 5.41) is 11.4. The molecule has 0 aromatic carbocycles. The molecule has 0 atom stereocenters. The molecule has 0 radical (unpaired) electrons. The van der Waals surface area contributed by atoms with E-state index in [0.29, 0.717) is 17.9 Å². The normalized spacial score (nSPS) is 9.57. The third-order valence-electron chi connectivity index (χ3n) is 2.56. The number of amides is 1. The Morgan fingerprint density at radius 3 is 2.95 bits per heavy atom. The van der Waals surface area contributed by atoms with Crippen LogP contribution in [0, 0.1) is 11.8 Å². The second-order valence-electron chi connectivity index (χ2n) is 4.27. The van der Waals surface area contributed by atoms with Gasteiger partial charge < -0.3 is 10.4 Å². The van der Waals surface area contributed by atoms with Crippen molar-refractivity contribution in [3.8, 4) is 11.8 Å². The second kappa shape index (κ2) is 7.78. The number of hydrogen-bond donors (Lipinski definition) is 2. The maximum atomic E-state index is 11.9. The van der Waals surface area contributed by atoms with E-state index in [-0.39, 0.29) is 18.9 Å². The Kier molecular flexibility index (Phi) is 5.44. The molecule has 0 spiro atoms. The molecule has 0 saturated carbocycles. The van der Waals surface area contributed by atoms with Crippen molar-refractivity contribution in [2.24, 2.45) is 0 Å². The molecule has 0 saturated heterocycles. The third kappa shape index (κ3) is 5.05. The van der Waals surface area contributed by atoms with Gasteiger partial charge in [-0.25, -0.2) is 4.98 Å². The molecule has 2 rings (SSSR count). The van der Waals surface area contributed by atoms with E-state index < -0.39 is 0 Å².